The van der Waals surface area contributed by atoms with Crippen LogP contribution in [0.25, 0.3) is 10.9 Å². The molecule has 3 aromatic rings. The van der Waals surface area contributed by atoms with Crippen molar-refractivity contribution in [2.45, 2.75) is 38.9 Å². The first kappa shape index (κ1) is 18.2. The predicted molar refractivity (Wildman–Crippen MR) is 106 cm³/mol. The third-order valence-corrected chi connectivity index (χ3v) is 5.82. The standard InChI is InChI=1S/C23H26F2N2/c1-16-4-9-21-20(14-16)19-10-12-26(3)13-11-22(19)27(21)15-23(2,25)17-5-7-18(24)8-6-17/h4-9,14H,10-13,15H2,1-3H3. The molecule has 0 amide bonds. The highest BCUT2D eigenvalue weighted by Gasteiger charge is 2.30. The molecule has 0 fully saturated rings. The Morgan fingerprint density at radius 3 is 2.48 bits per heavy atom. The van der Waals surface area contributed by atoms with Crippen molar-refractivity contribution in [1.82, 2.24) is 9.47 Å². The van der Waals surface area contributed by atoms with Gasteiger partial charge in [0.05, 0.1) is 6.54 Å². The van der Waals surface area contributed by atoms with E-state index in [4.69, 9.17) is 0 Å². The highest BCUT2D eigenvalue weighted by atomic mass is 19.1. The van der Waals surface area contributed by atoms with Crippen LogP contribution in [0.4, 0.5) is 8.78 Å². The quantitative estimate of drug-likeness (QED) is 0.631. The summed E-state index contributed by atoms with van der Waals surface area (Å²) in [6.07, 6.45) is 1.90. The first-order valence-electron chi connectivity index (χ1n) is 9.59. The Hall–Kier alpha value is -2.20. The van der Waals surface area contributed by atoms with Gasteiger partial charge in [0, 0.05) is 36.1 Å². The zero-order valence-electron chi connectivity index (χ0n) is 16.2. The maximum atomic E-state index is 15.7. The lowest BCUT2D eigenvalue weighted by Crippen LogP contribution is -2.25. The van der Waals surface area contributed by atoms with Crippen LogP contribution in [0.2, 0.25) is 0 Å². The van der Waals surface area contributed by atoms with E-state index < -0.39 is 5.67 Å². The highest BCUT2D eigenvalue weighted by molar-refractivity contribution is 5.86. The van der Waals surface area contributed by atoms with E-state index in [1.165, 1.54) is 34.3 Å². The van der Waals surface area contributed by atoms with Gasteiger partial charge in [-0.3, -0.25) is 0 Å². The van der Waals surface area contributed by atoms with Crippen molar-refractivity contribution in [2.24, 2.45) is 0 Å². The van der Waals surface area contributed by atoms with Gasteiger partial charge >= 0.3 is 0 Å². The number of halogens is 2. The molecule has 0 radical (unpaired) electrons. The van der Waals surface area contributed by atoms with Gasteiger partial charge in [0.2, 0.25) is 0 Å². The molecule has 2 aromatic carbocycles. The van der Waals surface area contributed by atoms with Crippen molar-refractivity contribution in [3.63, 3.8) is 0 Å². The van der Waals surface area contributed by atoms with Gasteiger partial charge in [-0.1, -0.05) is 23.8 Å². The van der Waals surface area contributed by atoms with Crippen molar-refractivity contribution in [2.75, 3.05) is 20.1 Å². The van der Waals surface area contributed by atoms with E-state index in [0.717, 1.165) is 31.4 Å². The molecular formula is C23H26F2N2. The lowest BCUT2D eigenvalue weighted by atomic mass is 9.97. The van der Waals surface area contributed by atoms with Crippen LogP contribution in [-0.4, -0.2) is 29.6 Å². The lowest BCUT2D eigenvalue weighted by molar-refractivity contribution is 0.162. The molecule has 4 rings (SSSR count). The van der Waals surface area contributed by atoms with Crippen LogP contribution in [0.15, 0.2) is 42.5 Å². The van der Waals surface area contributed by atoms with Crippen LogP contribution in [0.5, 0.6) is 0 Å². The molecule has 1 aliphatic heterocycles. The number of fused-ring (bicyclic) bond motifs is 3. The second kappa shape index (κ2) is 6.75. The molecule has 1 unspecified atom stereocenters. The van der Waals surface area contributed by atoms with Crippen molar-refractivity contribution in [3.05, 3.63) is 70.7 Å². The largest absolute Gasteiger partial charge is 0.341 e. The molecule has 142 valence electrons. The summed E-state index contributed by atoms with van der Waals surface area (Å²) in [7, 11) is 2.14. The van der Waals surface area contributed by atoms with Gasteiger partial charge < -0.3 is 9.47 Å². The Labute approximate surface area is 159 Å². The van der Waals surface area contributed by atoms with Gasteiger partial charge in [-0.25, -0.2) is 8.78 Å². The van der Waals surface area contributed by atoms with E-state index in [1.54, 1.807) is 19.1 Å². The summed E-state index contributed by atoms with van der Waals surface area (Å²) in [6.45, 7) is 5.92. The average Bonchev–Trinajstić information content (AvgIpc) is 2.76. The number of hydrogen-bond acceptors (Lipinski definition) is 1. The van der Waals surface area contributed by atoms with Gasteiger partial charge in [0.15, 0.2) is 5.67 Å². The first-order valence-corrected chi connectivity index (χ1v) is 9.59. The van der Waals surface area contributed by atoms with Crippen molar-refractivity contribution in [1.29, 1.82) is 0 Å². The van der Waals surface area contributed by atoms with Gasteiger partial charge in [0.25, 0.3) is 0 Å². The molecule has 1 aliphatic rings. The summed E-state index contributed by atoms with van der Waals surface area (Å²) in [6, 6.07) is 12.2. The molecule has 4 heteroatoms. The Bertz CT molecular complexity index is 970. The van der Waals surface area contributed by atoms with E-state index in [9.17, 15) is 4.39 Å². The maximum absolute atomic E-state index is 15.7. The fourth-order valence-electron chi connectivity index (χ4n) is 4.23. The van der Waals surface area contributed by atoms with Crippen LogP contribution < -0.4 is 0 Å². The molecule has 0 saturated heterocycles. The summed E-state index contributed by atoms with van der Waals surface area (Å²) in [4.78, 5) is 2.33. The van der Waals surface area contributed by atoms with Gasteiger partial charge in [-0.15, -0.1) is 0 Å². The fourth-order valence-corrected chi connectivity index (χ4v) is 4.23. The van der Waals surface area contributed by atoms with E-state index in [1.807, 2.05) is 0 Å². The van der Waals surface area contributed by atoms with Gasteiger partial charge in [-0.05, 0) is 62.7 Å². The third kappa shape index (κ3) is 3.39. The fraction of sp³-hybridized carbons (Fsp3) is 0.391. The Kier molecular flexibility index (Phi) is 4.55. The monoisotopic (exact) mass is 368 g/mol. The second-order valence-electron chi connectivity index (χ2n) is 8.04. The number of nitrogens with zero attached hydrogens (tertiary/aromatic N) is 2. The van der Waals surface area contributed by atoms with Gasteiger partial charge in [-0.2, -0.15) is 0 Å². The number of benzene rings is 2. The normalized spacial score (nSPS) is 17.5. The highest BCUT2D eigenvalue weighted by Crippen LogP contribution is 2.35. The minimum absolute atomic E-state index is 0.233. The molecule has 0 spiro atoms. The second-order valence-corrected chi connectivity index (χ2v) is 8.04. The molecule has 0 N–H and O–H groups in total. The predicted octanol–water partition coefficient (Wildman–Crippen LogP) is 5.00. The van der Waals surface area contributed by atoms with E-state index in [2.05, 4.69) is 41.6 Å². The first-order chi connectivity index (χ1) is 12.8. The molecule has 2 heterocycles. The number of aryl methyl sites for hydroxylation is 1. The molecular weight excluding hydrogens is 342 g/mol. The SMILES string of the molecule is Cc1ccc2c(c1)c1c(n2CC(C)(F)c2ccc(F)cc2)CCN(C)CC1. The summed E-state index contributed by atoms with van der Waals surface area (Å²) in [5.41, 5.74) is 3.86. The van der Waals surface area contributed by atoms with Gasteiger partial charge in [0.1, 0.15) is 5.82 Å². The summed E-state index contributed by atoms with van der Waals surface area (Å²) in [5, 5.41) is 1.25. The molecule has 0 saturated carbocycles. The van der Waals surface area contributed by atoms with E-state index >= 15 is 4.39 Å². The third-order valence-electron chi connectivity index (χ3n) is 5.82. The van der Waals surface area contributed by atoms with Crippen molar-refractivity contribution >= 4 is 10.9 Å². The van der Waals surface area contributed by atoms with Crippen LogP contribution in [0, 0.1) is 12.7 Å². The Morgan fingerprint density at radius 1 is 1.04 bits per heavy atom. The maximum Gasteiger partial charge on any atom is 0.151 e. The zero-order valence-corrected chi connectivity index (χ0v) is 16.2. The smallest absolute Gasteiger partial charge is 0.151 e. The zero-order chi connectivity index (χ0) is 19.2. The number of aromatic nitrogens is 1. The van der Waals surface area contributed by atoms with Crippen LogP contribution in [0.3, 0.4) is 0 Å². The molecule has 27 heavy (non-hydrogen) atoms. The van der Waals surface area contributed by atoms with E-state index in [-0.39, 0.29) is 12.4 Å². The Morgan fingerprint density at radius 2 is 1.74 bits per heavy atom. The van der Waals surface area contributed by atoms with Crippen molar-refractivity contribution < 1.29 is 8.78 Å². The van der Waals surface area contributed by atoms with Crippen LogP contribution in [-0.2, 0) is 25.1 Å². The minimum Gasteiger partial charge on any atom is -0.341 e. The number of likely N-dealkylation sites (N-methyl/N-ethyl adjacent to an activating group) is 1. The summed E-state index contributed by atoms with van der Waals surface area (Å²) >= 11 is 0. The topological polar surface area (TPSA) is 8.17 Å². The minimum atomic E-state index is -1.57. The Balaban J connectivity index is 1.82. The molecule has 0 bridgehead atoms. The molecule has 1 aromatic heterocycles. The number of hydrogen-bond donors (Lipinski definition) is 0. The molecule has 1 atom stereocenters. The molecule has 0 aliphatic carbocycles. The number of rotatable bonds is 3. The average molecular weight is 368 g/mol. The summed E-state index contributed by atoms with van der Waals surface area (Å²) in [5.74, 6) is -0.339. The van der Waals surface area contributed by atoms with Crippen molar-refractivity contribution in [3.8, 4) is 0 Å². The van der Waals surface area contributed by atoms with Crippen LogP contribution in [0.1, 0.15) is 29.3 Å². The summed E-state index contributed by atoms with van der Waals surface area (Å²) < 4.78 is 31.2. The lowest BCUT2D eigenvalue weighted by Gasteiger charge is -2.24. The number of alkyl halides is 1. The van der Waals surface area contributed by atoms with Crippen LogP contribution >= 0.6 is 0 Å². The molecule has 2 nitrogen and oxygen atoms in total. The van der Waals surface area contributed by atoms with E-state index in [0.29, 0.717) is 5.56 Å².